The maximum atomic E-state index is 10.4. The van der Waals surface area contributed by atoms with Gasteiger partial charge in [-0.25, -0.2) is 0 Å². The molecule has 0 unspecified atom stereocenters. The summed E-state index contributed by atoms with van der Waals surface area (Å²) in [7, 11) is 1.29. The number of nitrogens with two attached hydrogens (primary N) is 1. The third-order valence-corrected chi connectivity index (χ3v) is 1.05. The molecule has 0 atom stereocenters. The highest BCUT2D eigenvalue weighted by molar-refractivity contribution is 6.28. The monoisotopic (exact) mass is 200 g/mol. The Balaban J connectivity index is 0. The molecule has 0 aromatic heterocycles. The highest BCUT2D eigenvalue weighted by atomic mass is 35.5. The van der Waals surface area contributed by atoms with Gasteiger partial charge in [-0.15, -0.1) is 24.0 Å². The van der Waals surface area contributed by atoms with Crippen LogP contribution in [0.2, 0.25) is 0 Å². The Hall–Kier alpha value is -0.480. The number of methoxy groups -OCH3 is 1. The van der Waals surface area contributed by atoms with Crippen molar-refractivity contribution < 1.29 is 9.53 Å². The number of hydrogen-bond donors (Lipinski definition) is 1. The molecule has 4 nitrogen and oxygen atoms in total. The smallest absolute Gasteiger partial charge is 0.327 e. The van der Waals surface area contributed by atoms with Gasteiger partial charge in [0.2, 0.25) is 0 Å². The number of alkyl halides is 1. The van der Waals surface area contributed by atoms with E-state index in [0.717, 1.165) is 0 Å². The first-order valence-corrected chi connectivity index (χ1v) is 3.15. The van der Waals surface area contributed by atoms with E-state index in [4.69, 9.17) is 17.3 Å². The summed E-state index contributed by atoms with van der Waals surface area (Å²) in [5.74, 6) is -0.0445. The van der Waals surface area contributed by atoms with Crippen LogP contribution in [0.5, 0.6) is 0 Å². The Labute approximate surface area is 76.2 Å². The molecule has 66 valence electrons. The zero-order chi connectivity index (χ0) is 7.98. The quantitative estimate of drug-likeness (QED) is 0.306. The number of ether oxygens (including phenoxy) is 1. The minimum atomic E-state index is -0.423. The van der Waals surface area contributed by atoms with E-state index >= 15 is 0 Å². The summed E-state index contributed by atoms with van der Waals surface area (Å²) in [5, 5.41) is 0. The summed E-state index contributed by atoms with van der Waals surface area (Å²) in [6, 6.07) is 0. The van der Waals surface area contributed by atoms with Crippen molar-refractivity contribution in [2.75, 3.05) is 19.5 Å². The van der Waals surface area contributed by atoms with Gasteiger partial charge in [0.15, 0.2) is 0 Å². The second-order valence-corrected chi connectivity index (χ2v) is 1.78. The molecule has 0 aliphatic rings. The summed E-state index contributed by atoms with van der Waals surface area (Å²) >= 11 is 5.27. The number of carbonyl (C=O) groups is 1. The fourth-order valence-electron chi connectivity index (χ4n) is 0.273. The van der Waals surface area contributed by atoms with E-state index in [-0.39, 0.29) is 30.7 Å². The van der Waals surface area contributed by atoms with Crippen molar-refractivity contribution in [3.05, 3.63) is 0 Å². The lowest BCUT2D eigenvalue weighted by atomic mass is 10.6. The maximum Gasteiger partial charge on any atom is 0.327 e. The van der Waals surface area contributed by atoms with E-state index in [2.05, 4.69) is 9.73 Å². The average molecular weight is 201 g/mol. The lowest BCUT2D eigenvalue weighted by Gasteiger charge is -1.94. The summed E-state index contributed by atoms with van der Waals surface area (Å²) in [5.41, 5.74) is 5.19. The standard InChI is InChI=1S/C5H9ClN2O2.ClH/c1-10-5(9)3-8-4(7)2-6;/h2-3H2,1H3,(H2,7,8);1H. The molecule has 0 heterocycles. The van der Waals surface area contributed by atoms with Crippen LogP contribution in [0.25, 0.3) is 0 Å². The molecule has 0 rings (SSSR count). The molecule has 0 aromatic carbocycles. The lowest BCUT2D eigenvalue weighted by Crippen LogP contribution is -2.16. The zero-order valence-electron chi connectivity index (χ0n) is 6.04. The highest BCUT2D eigenvalue weighted by Gasteiger charge is 1.96. The lowest BCUT2D eigenvalue weighted by molar-refractivity contribution is -0.138. The van der Waals surface area contributed by atoms with E-state index in [1.807, 2.05) is 0 Å². The third-order valence-electron chi connectivity index (χ3n) is 0.776. The minimum absolute atomic E-state index is 0. The predicted octanol–water partition coefficient (Wildman–Crippen LogP) is 0.177. The third kappa shape index (κ3) is 7.42. The van der Waals surface area contributed by atoms with Gasteiger partial charge in [-0.05, 0) is 0 Å². The molecule has 0 radical (unpaired) electrons. The Morgan fingerprint density at radius 3 is 2.64 bits per heavy atom. The Bertz CT molecular complexity index is 149. The summed E-state index contributed by atoms with van der Waals surface area (Å²) < 4.78 is 4.30. The SMILES string of the molecule is COC(=O)CN=C(N)CCl.Cl. The second kappa shape index (κ2) is 7.63. The fourth-order valence-corrected chi connectivity index (χ4v) is 0.357. The van der Waals surface area contributed by atoms with Gasteiger partial charge in [-0.2, -0.15) is 0 Å². The minimum Gasteiger partial charge on any atom is -0.468 e. The van der Waals surface area contributed by atoms with Crippen molar-refractivity contribution in [1.29, 1.82) is 0 Å². The van der Waals surface area contributed by atoms with Crippen molar-refractivity contribution >= 4 is 35.8 Å². The number of nitrogens with zero attached hydrogens (tertiary/aromatic N) is 1. The van der Waals surface area contributed by atoms with Crippen LogP contribution in [0.4, 0.5) is 0 Å². The molecule has 2 N–H and O–H groups in total. The molecule has 0 aliphatic carbocycles. The topological polar surface area (TPSA) is 64.7 Å². The van der Waals surface area contributed by atoms with Gasteiger partial charge in [-0.3, -0.25) is 9.79 Å². The van der Waals surface area contributed by atoms with E-state index in [0.29, 0.717) is 0 Å². The number of rotatable bonds is 3. The van der Waals surface area contributed by atoms with Crippen molar-refractivity contribution in [3.63, 3.8) is 0 Å². The van der Waals surface area contributed by atoms with Gasteiger partial charge < -0.3 is 10.5 Å². The number of aliphatic imine (C=N–C) groups is 1. The fraction of sp³-hybridized carbons (Fsp3) is 0.600. The van der Waals surface area contributed by atoms with Crippen LogP contribution in [-0.4, -0.2) is 31.3 Å². The predicted molar refractivity (Wildman–Crippen MR) is 46.5 cm³/mol. The van der Waals surface area contributed by atoms with E-state index < -0.39 is 5.97 Å². The number of carbonyl (C=O) groups excluding carboxylic acids is 1. The zero-order valence-corrected chi connectivity index (χ0v) is 7.61. The average Bonchev–Trinajstić information content (AvgIpc) is 1.99. The first-order valence-electron chi connectivity index (χ1n) is 2.62. The normalized spacial score (nSPS) is 10.2. The van der Waals surface area contributed by atoms with Gasteiger partial charge >= 0.3 is 5.97 Å². The van der Waals surface area contributed by atoms with Crippen LogP contribution >= 0.6 is 24.0 Å². The molecule has 0 fully saturated rings. The van der Waals surface area contributed by atoms with Gasteiger partial charge in [0.1, 0.15) is 12.4 Å². The molecule has 6 heteroatoms. The van der Waals surface area contributed by atoms with Crippen LogP contribution in [-0.2, 0) is 9.53 Å². The Morgan fingerprint density at radius 1 is 1.73 bits per heavy atom. The van der Waals surface area contributed by atoms with Gasteiger partial charge in [0, 0.05) is 0 Å². The van der Waals surface area contributed by atoms with Crippen molar-refractivity contribution in [2.24, 2.45) is 10.7 Å². The first kappa shape index (κ1) is 13.1. The number of hydrogen-bond acceptors (Lipinski definition) is 3. The largest absolute Gasteiger partial charge is 0.468 e. The van der Waals surface area contributed by atoms with Crippen molar-refractivity contribution in [3.8, 4) is 0 Å². The van der Waals surface area contributed by atoms with Gasteiger partial charge in [0.25, 0.3) is 0 Å². The molecule has 0 saturated heterocycles. The first-order chi connectivity index (χ1) is 4.70. The maximum absolute atomic E-state index is 10.4. The molecular weight excluding hydrogens is 191 g/mol. The molecule has 0 spiro atoms. The van der Waals surface area contributed by atoms with Crippen molar-refractivity contribution in [1.82, 2.24) is 0 Å². The molecule has 0 saturated carbocycles. The second-order valence-electron chi connectivity index (χ2n) is 1.52. The van der Waals surface area contributed by atoms with Crippen LogP contribution in [0.3, 0.4) is 0 Å². The number of halogens is 2. The van der Waals surface area contributed by atoms with Gasteiger partial charge in [0.05, 0.1) is 13.0 Å². The molecule has 0 bridgehead atoms. The molecule has 11 heavy (non-hydrogen) atoms. The highest BCUT2D eigenvalue weighted by Crippen LogP contribution is 1.79. The number of amidine groups is 1. The van der Waals surface area contributed by atoms with E-state index in [9.17, 15) is 4.79 Å². The van der Waals surface area contributed by atoms with Gasteiger partial charge in [-0.1, -0.05) is 0 Å². The summed E-state index contributed by atoms with van der Waals surface area (Å²) in [6.07, 6.45) is 0. The van der Waals surface area contributed by atoms with E-state index in [1.165, 1.54) is 7.11 Å². The molecule has 0 amide bonds. The summed E-state index contributed by atoms with van der Waals surface area (Å²) in [4.78, 5) is 14.0. The van der Waals surface area contributed by atoms with Crippen LogP contribution in [0.15, 0.2) is 4.99 Å². The van der Waals surface area contributed by atoms with Crippen LogP contribution < -0.4 is 5.73 Å². The Kier molecular flexibility index (Phi) is 9.10. The molecule has 0 aliphatic heterocycles. The van der Waals surface area contributed by atoms with Crippen LogP contribution in [0, 0.1) is 0 Å². The molecule has 0 aromatic rings. The van der Waals surface area contributed by atoms with E-state index in [1.54, 1.807) is 0 Å². The Morgan fingerprint density at radius 2 is 2.27 bits per heavy atom. The molecular formula is C5H10Cl2N2O2. The summed E-state index contributed by atoms with van der Waals surface area (Å²) in [6.45, 7) is -0.0605. The number of esters is 1. The van der Waals surface area contributed by atoms with Crippen LogP contribution in [0.1, 0.15) is 0 Å². The van der Waals surface area contributed by atoms with Crippen molar-refractivity contribution in [2.45, 2.75) is 0 Å².